The second kappa shape index (κ2) is 3.81. The summed E-state index contributed by atoms with van der Waals surface area (Å²) >= 11 is 0. The molecule has 2 nitrogen and oxygen atoms in total. The number of rotatable bonds is 1. The minimum atomic E-state index is -0.187. The van der Waals surface area contributed by atoms with Gasteiger partial charge in [-0.1, -0.05) is 7.43 Å². The fraction of sp³-hybridized carbons (Fsp3) is 0.500. The van der Waals surface area contributed by atoms with E-state index in [1.165, 1.54) is 6.07 Å². The fourth-order valence-electron chi connectivity index (χ4n) is 1.91. The summed E-state index contributed by atoms with van der Waals surface area (Å²) in [6.07, 6.45) is 2.26. The van der Waals surface area contributed by atoms with Crippen molar-refractivity contribution in [3.8, 4) is 5.75 Å². The third kappa shape index (κ3) is 1.97. The Hall–Kier alpha value is -1.09. The molecule has 0 bridgehead atoms. The predicted molar refractivity (Wildman–Crippen MR) is 55.6 cm³/mol. The van der Waals surface area contributed by atoms with Crippen LogP contribution >= 0.6 is 0 Å². The largest absolute Gasteiger partial charge is 0.487 e. The Morgan fingerprint density at radius 3 is 2.80 bits per heavy atom. The Kier molecular flexibility index (Phi) is 2.65. The molecule has 2 heterocycles. The molecule has 15 heavy (non-hydrogen) atoms. The molecular formula is C12H15FO2. The lowest BCUT2D eigenvalue weighted by molar-refractivity contribution is 0.136. The molecule has 3 rings (SSSR count). The molecule has 0 aromatic heterocycles. The molecule has 0 saturated carbocycles. The van der Waals surface area contributed by atoms with Crippen molar-refractivity contribution in [1.82, 2.24) is 0 Å². The van der Waals surface area contributed by atoms with Crippen LogP contribution in [-0.2, 0) is 11.2 Å². The van der Waals surface area contributed by atoms with Gasteiger partial charge in [0.2, 0.25) is 0 Å². The summed E-state index contributed by atoms with van der Waals surface area (Å²) in [6.45, 7) is 0.807. The number of benzene rings is 1. The van der Waals surface area contributed by atoms with Crippen molar-refractivity contribution in [2.75, 3.05) is 6.61 Å². The highest BCUT2D eigenvalue weighted by atomic mass is 19.1. The molecule has 0 unspecified atom stereocenters. The molecule has 3 heteroatoms. The van der Waals surface area contributed by atoms with E-state index in [0.717, 1.165) is 30.8 Å². The lowest BCUT2D eigenvalue weighted by atomic mass is 10.0. The van der Waals surface area contributed by atoms with Crippen molar-refractivity contribution in [1.29, 1.82) is 0 Å². The van der Waals surface area contributed by atoms with Crippen LogP contribution in [0, 0.1) is 5.82 Å². The van der Waals surface area contributed by atoms with Gasteiger partial charge in [-0.2, -0.15) is 0 Å². The van der Waals surface area contributed by atoms with E-state index in [2.05, 4.69) is 0 Å². The number of fused-ring (bicyclic) bond motifs is 1. The van der Waals surface area contributed by atoms with Crippen LogP contribution in [0.2, 0.25) is 0 Å². The van der Waals surface area contributed by atoms with Crippen molar-refractivity contribution in [2.45, 2.75) is 32.5 Å². The standard InChI is InChI=1S/C11H11FO2.CH4/c12-8-2-4-9-7(5-8)1-3-10(14-9)11-6-13-11;/h2,4-5,10-11H,1,3,6H2;1H4/t10-,11+;/m1./s1. The Balaban J connectivity index is 0.000000853. The smallest absolute Gasteiger partial charge is 0.127 e. The molecule has 0 spiro atoms. The highest BCUT2D eigenvalue weighted by molar-refractivity contribution is 5.36. The van der Waals surface area contributed by atoms with E-state index < -0.39 is 0 Å². The minimum absolute atomic E-state index is 0. The maximum atomic E-state index is 12.9. The van der Waals surface area contributed by atoms with Crippen molar-refractivity contribution >= 4 is 0 Å². The van der Waals surface area contributed by atoms with Crippen LogP contribution in [-0.4, -0.2) is 18.8 Å². The van der Waals surface area contributed by atoms with Gasteiger partial charge in [0.25, 0.3) is 0 Å². The summed E-state index contributed by atoms with van der Waals surface area (Å²) in [6, 6.07) is 4.70. The summed E-state index contributed by atoms with van der Waals surface area (Å²) < 4.78 is 23.8. The first-order valence-electron chi connectivity index (χ1n) is 4.89. The summed E-state index contributed by atoms with van der Waals surface area (Å²) in [5.41, 5.74) is 0.974. The first-order chi connectivity index (χ1) is 6.83. The first-order valence-corrected chi connectivity index (χ1v) is 4.89. The van der Waals surface area contributed by atoms with Gasteiger partial charge >= 0.3 is 0 Å². The zero-order chi connectivity index (χ0) is 9.54. The molecule has 0 radical (unpaired) electrons. The molecule has 1 aromatic carbocycles. The zero-order valence-electron chi connectivity index (χ0n) is 7.70. The van der Waals surface area contributed by atoms with Gasteiger partial charge < -0.3 is 9.47 Å². The van der Waals surface area contributed by atoms with E-state index >= 15 is 0 Å². The maximum Gasteiger partial charge on any atom is 0.127 e. The number of ether oxygens (including phenoxy) is 2. The normalized spacial score (nSPS) is 27.3. The van der Waals surface area contributed by atoms with Gasteiger partial charge in [0, 0.05) is 0 Å². The van der Waals surface area contributed by atoms with Gasteiger partial charge in [-0.15, -0.1) is 0 Å². The van der Waals surface area contributed by atoms with Crippen LogP contribution in [0.5, 0.6) is 5.75 Å². The molecular weight excluding hydrogens is 195 g/mol. The second-order valence-corrected chi connectivity index (χ2v) is 3.82. The monoisotopic (exact) mass is 210 g/mol. The predicted octanol–water partition coefficient (Wildman–Crippen LogP) is 2.55. The van der Waals surface area contributed by atoms with E-state index in [-0.39, 0.29) is 25.5 Å². The first kappa shape index (κ1) is 10.4. The quantitative estimate of drug-likeness (QED) is 0.664. The molecule has 1 fully saturated rings. The van der Waals surface area contributed by atoms with Crippen molar-refractivity contribution in [2.24, 2.45) is 0 Å². The molecule has 0 amide bonds. The Bertz CT molecular complexity index is 361. The average molecular weight is 210 g/mol. The minimum Gasteiger partial charge on any atom is -0.487 e. The van der Waals surface area contributed by atoms with E-state index in [4.69, 9.17) is 9.47 Å². The third-order valence-corrected chi connectivity index (χ3v) is 2.77. The second-order valence-electron chi connectivity index (χ2n) is 3.82. The maximum absolute atomic E-state index is 12.9. The van der Waals surface area contributed by atoms with Crippen LogP contribution in [0.15, 0.2) is 18.2 Å². The Morgan fingerprint density at radius 1 is 1.27 bits per heavy atom. The van der Waals surface area contributed by atoms with Gasteiger partial charge in [0.1, 0.15) is 23.8 Å². The van der Waals surface area contributed by atoms with Crippen LogP contribution < -0.4 is 4.74 Å². The molecule has 2 aliphatic heterocycles. The average Bonchev–Trinajstić information content (AvgIpc) is 3.00. The molecule has 2 atom stereocenters. The van der Waals surface area contributed by atoms with Crippen molar-refractivity contribution in [3.63, 3.8) is 0 Å². The van der Waals surface area contributed by atoms with Crippen LogP contribution in [0.25, 0.3) is 0 Å². The Labute approximate surface area is 89.0 Å². The molecule has 0 N–H and O–H groups in total. The summed E-state index contributed by atoms with van der Waals surface area (Å²) in [5, 5.41) is 0. The Morgan fingerprint density at radius 2 is 2.07 bits per heavy atom. The number of epoxide rings is 1. The van der Waals surface area contributed by atoms with E-state index in [1.54, 1.807) is 12.1 Å². The topological polar surface area (TPSA) is 21.8 Å². The summed E-state index contributed by atoms with van der Waals surface area (Å²) in [7, 11) is 0. The SMILES string of the molecule is C.Fc1ccc2c(c1)CC[C@H]([C@@H]1CO1)O2. The fourth-order valence-corrected chi connectivity index (χ4v) is 1.91. The molecule has 1 saturated heterocycles. The van der Waals surface area contributed by atoms with Crippen molar-refractivity contribution < 1.29 is 13.9 Å². The number of aryl methyl sites for hydroxylation is 1. The summed E-state index contributed by atoms with van der Waals surface area (Å²) in [5.74, 6) is 0.631. The molecule has 0 aliphatic carbocycles. The van der Waals surface area contributed by atoms with Gasteiger partial charge in [-0.25, -0.2) is 4.39 Å². The molecule has 2 aliphatic rings. The van der Waals surface area contributed by atoms with E-state index in [0.29, 0.717) is 0 Å². The zero-order valence-corrected chi connectivity index (χ0v) is 7.70. The van der Waals surface area contributed by atoms with Crippen molar-refractivity contribution in [3.05, 3.63) is 29.6 Å². The summed E-state index contributed by atoms with van der Waals surface area (Å²) in [4.78, 5) is 0. The van der Waals surface area contributed by atoms with Gasteiger partial charge in [0.05, 0.1) is 6.61 Å². The molecule has 1 aromatic rings. The van der Waals surface area contributed by atoms with E-state index in [1.807, 2.05) is 0 Å². The molecule has 82 valence electrons. The van der Waals surface area contributed by atoms with Gasteiger partial charge in [-0.05, 0) is 36.6 Å². The third-order valence-electron chi connectivity index (χ3n) is 2.77. The van der Waals surface area contributed by atoms with Crippen LogP contribution in [0.1, 0.15) is 19.4 Å². The van der Waals surface area contributed by atoms with Crippen LogP contribution in [0.4, 0.5) is 4.39 Å². The van der Waals surface area contributed by atoms with Crippen LogP contribution in [0.3, 0.4) is 0 Å². The van der Waals surface area contributed by atoms with Gasteiger partial charge in [0.15, 0.2) is 0 Å². The van der Waals surface area contributed by atoms with E-state index in [9.17, 15) is 4.39 Å². The van der Waals surface area contributed by atoms with Gasteiger partial charge in [-0.3, -0.25) is 0 Å². The number of halogens is 1. The lowest BCUT2D eigenvalue weighted by Crippen LogP contribution is -2.27. The lowest BCUT2D eigenvalue weighted by Gasteiger charge is -2.24. The highest BCUT2D eigenvalue weighted by Crippen LogP contribution is 2.32. The number of hydrogen-bond donors (Lipinski definition) is 0. The number of hydrogen-bond acceptors (Lipinski definition) is 2. The highest BCUT2D eigenvalue weighted by Gasteiger charge is 2.36.